The third-order valence-corrected chi connectivity index (χ3v) is 2.59. The normalized spacial score (nSPS) is 15.1. The summed E-state index contributed by atoms with van der Waals surface area (Å²) in [6.45, 7) is 2.87. The van der Waals surface area contributed by atoms with Gasteiger partial charge < -0.3 is 10.2 Å². The monoisotopic (exact) mass is 262 g/mol. The second-order valence-electron chi connectivity index (χ2n) is 3.30. The van der Waals surface area contributed by atoms with Gasteiger partial charge in [0.15, 0.2) is 0 Å². The van der Waals surface area contributed by atoms with Gasteiger partial charge in [-0.25, -0.2) is 9.59 Å². The molecule has 6 heteroatoms. The summed E-state index contributed by atoms with van der Waals surface area (Å²) in [5.41, 5.74) is 0.264. The largest absolute Gasteiger partial charge is 0.478 e. The second-order valence-corrected chi connectivity index (χ2v) is 4.82. The van der Waals surface area contributed by atoms with E-state index in [2.05, 4.69) is 25.3 Å². The van der Waals surface area contributed by atoms with Gasteiger partial charge in [0.05, 0.1) is 4.58 Å². The summed E-state index contributed by atoms with van der Waals surface area (Å²) in [7, 11) is 0. The molecule has 0 heterocycles. The fourth-order valence-electron chi connectivity index (χ4n) is 0.940. The second kappa shape index (κ2) is 6.65. The van der Waals surface area contributed by atoms with Gasteiger partial charge in [0.2, 0.25) is 0 Å². The Morgan fingerprint density at radius 2 is 1.31 bits per heavy atom. The minimum Gasteiger partial charge on any atom is -0.478 e. The first-order chi connectivity index (χ1) is 7.25. The van der Waals surface area contributed by atoms with Crippen LogP contribution in [0.3, 0.4) is 0 Å². The fraction of sp³-hybridized carbons (Fsp3) is 0.400. The van der Waals surface area contributed by atoms with Crippen molar-refractivity contribution in [1.82, 2.24) is 0 Å². The van der Waals surface area contributed by atoms with Crippen molar-refractivity contribution < 1.29 is 19.8 Å². The lowest BCUT2D eigenvalue weighted by atomic mass is 10.0. The zero-order valence-electron chi connectivity index (χ0n) is 8.91. The third-order valence-electron chi connectivity index (χ3n) is 1.90. The van der Waals surface area contributed by atoms with E-state index in [-0.39, 0.29) is 11.1 Å². The molecule has 0 saturated heterocycles. The lowest BCUT2D eigenvalue weighted by Crippen LogP contribution is -2.09. The van der Waals surface area contributed by atoms with E-state index in [1.807, 2.05) is 0 Å². The molecular weight excluding hydrogens is 248 g/mol. The van der Waals surface area contributed by atoms with Crippen LogP contribution in [0.1, 0.15) is 13.8 Å². The van der Waals surface area contributed by atoms with Crippen molar-refractivity contribution >= 4 is 37.2 Å². The SMILES string of the molecule is CC(=CC(C=C(C)C(=O)O)C(S)S)C(=O)O. The number of hydrogen-bond donors (Lipinski definition) is 4. The molecule has 2 N–H and O–H groups in total. The van der Waals surface area contributed by atoms with Crippen molar-refractivity contribution in [2.45, 2.75) is 18.4 Å². The molecular formula is C10H14O4S2. The average Bonchev–Trinajstić information content (AvgIpc) is 2.15. The van der Waals surface area contributed by atoms with E-state index in [1.54, 1.807) is 0 Å². The molecule has 4 nitrogen and oxygen atoms in total. The molecule has 16 heavy (non-hydrogen) atoms. The molecule has 0 amide bonds. The van der Waals surface area contributed by atoms with E-state index < -0.39 is 22.4 Å². The summed E-state index contributed by atoms with van der Waals surface area (Å²) in [4.78, 5) is 21.2. The van der Waals surface area contributed by atoms with E-state index in [1.165, 1.54) is 26.0 Å². The van der Waals surface area contributed by atoms with Crippen LogP contribution in [0.5, 0.6) is 0 Å². The molecule has 0 aliphatic heterocycles. The third kappa shape index (κ3) is 5.27. The highest BCUT2D eigenvalue weighted by molar-refractivity contribution is 7.99. The number of carbonyl (C=O) groups is 2. The van der Waals surface area contributed by atoms with E-state index in [9.17, 15) is 9.59 Å². The number of rotatable bonds is 5. The number of hydrogen-bond acceptors (Lipinski definition) is 4. The molecule has 90 valence electrons. The molecule has 0 aromatic rings. The first-order valence-electron chi connectivity index (χ1n) is 4.45. The maximum Gasteiger partial charge on any atom is 0.330 e. The molecule has 0 unspecified atom stereocenters. The highest BCUT2D eigenvalue weighted by Crippen LogP contribution is 2.20. The van der Waals surface area contributed by atoms with Crippen LogP contribution >= 0.6 is 25.3 Å². The van der Waals surface area contributed by atoms with Crippen LogP contribution in [0.15, 0.2) is 23.3 Å². The quantitative estimate of drug-likeness (QED) is 0.346. The molecule has 0 rings (SSSR count). The molecule has 0 saturated carbocycles. The number of thiol groups is 2. The Bertz CT molecular complexity index is 315. The minimum atomic E-state index is -1.05. The first kappa shape index (κ1) is 15.1. The molecule has 0 atom stereocenters. The van der Waals surface area contributed by atoms with Crippen molar-refractivity contribution in [3.63, 3.8) is 0 Å². The highest BCUT2D eigenvalue weighted by atomic mass is 32.2. The molecule has 0 bridgehead atoms. The average molecular weight is 262 g/mol. The van der Waals surface area contributed by atoms with Crippen molar-refractivity contribution in [3.05, 3.63) is 23.3 Å². The van der Waals surface area contributed by atoms with Crippen LogP contribution in [-0.2, 0) is 9.59 Å². The van der Waals surface area contributed by atoms with Crippen LogP contribution in [0.2, 0.25) is 0 Å². The summed E-state index contributed by atoms with van der Waals surface area (Å²) in [6, 6.07) is 0. The lowest BCUT2D eigenvalue weighted by Gasteiger charge is -2.12. The lowest BCUT2D eigenvalue weighted by molar-refractivity contribution is -0.133. The minimum absolute atomic E-state index is 0.132. The number of aliphatic carboxylic acids is 2. The van der Waals surface area contributed by atoms with E-state index in [0.29, 0.717) is 0 Å². The molecule has 0 aromatic carbocycles. The molecule has 0 aliphatic rings. The Hall–Kier alpha value is -0.880. The molecule has 0 radical (unpaired) electrons. The van der Waals surface area contributed by atoms with Crippen LogP contribution in [0, 0.1) is 5.92 Å². The van der Waals surface area contributed by atoms with Crippen LogP contribution in [0.25, 0.3) is 0 Å². The Kier molecular flexibility index (Phi) is 6.28. The Labute approximate surface area is 105 Å². The summed E-state index contributed by atoms with van der Waals surface area (Å²) < 4.78 is -0.455. The number of allylic oxidation sites excluding steroid dienone is 2. The van der Waals surface area contributed by atoms with Crippen molar-refractivity contribution in [2.75, 3.05) is 0 Å². The first-order valence-corrected chi connectivity index (χ1v) is 5.48. The Balaban J connectivity index is 5.05. The summed E-state index contributed by atoms with van der Waals surface area (Å²) in [5.74, 6) is -2.54. The van der Waals surface area contributed by atoms with Crippen LogP contribution in [-0.4, -0.2) is 26.7 Å². The van der Waals surface area contributed by atoms with E-state index >= 15 is 0 Å². The molecule has 0 aromatic heterocycles. The summed E-state index contributed by atoms with van der Waals surface area (Å²) in [6.07, 6.45) is 2.86. The predicted octanol–water partition coefficient (Wildman–Crippen LogP) is 1.85. The Morgan fingerprint density at radius 3 is 1.50 bits per heavy atom. The van der Waals surface area contributed by atoms with Gasteiger partial charge in [-0.1, -0.05) is 12.2 Å². The smallest absolute Gasteiger partial charge is 0.330 e. The fourth-order valence-corrected chi connectivity index (χ4v) is 1.28. The topological polar surface area (TPSA) is 74.6 Å². The van der Waals surface area contributed by atoms with Gasteiger partial charge in [-0.3, -0.25) is 0 Å². The van der Waals surface area contributed by atoms with Gasteiger partial charge in [0.1, 0.15) is 0 Å². The predicted molar refractivity (Wildman–Crippen MR) is 68.0 cm³/mol. The van der Waals surface area contributed by atoms with Gasteiger partial charge in [0.25, 0.3) is 0 Å². The highest BCUT2D eigenvalue weighted by Gasteiger charge is 2.14. The number of carboxylic acid groups (broad SMARTS) is 2. The van der Waals surface area contributed by atoms with Crippen molar-refractivity contribution in [2.24, 2.45) is 5.92 Å². The maximum absolute atomic E-state index is 10.6. The zero-order valence-corrected chi connectivity index (χ0v) is 10.7. The number of carboxylic acids is 2. The Morgan fingerprint density at radius 1 is 1.00 bits per heavy atom. The van der Waals surface area contributed by atoms with Gasteiger partial charge in [0, 0.05) is 17.1 Å². The maximum atomic E-state index is 10.6. The molecule has 0 spiro atoms. The van der Waals surface area contributed by atoms with Crippen molar-refractivity contribution in [1.29, 1.82) is 0 Å². The van der Waals surface area contributed by atoms with Crippen LogP contribution in [0.4, 0.5) is 0 Å². The van der Waals surface area contributed by atoms with Crippen LogP contribution < -0.4 is 0 Å². The van der Waals surface area contributed by atoms with E-state index in [4.69, 9.17) is 10.2 Å². The molecule has 0 aliphatic carbocycles. The standard InChI is InChI=1S/C10H14O4S2/c1-5(8(11)12)3-7(10(15)16)4-6(2)9(13)14/h3-4,7,10,15-16H,1-2H3,(H,11,12)(H,13,14). The summed E-state index contributed by atoms with van der Waals surface area (Å²) >= 11 is 8.14. The zero-order chi connectivity index (χ0) is 12.9. The van der Waals surface area contributed by atoms with Gasteiger partial charge in [-0.05, 0) is 13.8 Å². The van der Waals surface area contributed by atoms with Gasteiger partial charge in [-0.15, -0.1) is 0 Å². The van der Waals surface area contributed by atoms with E-state index in [0.717, 1.165) is 0 Å². The van der Waals surface area contributed by atoms with Gasteiger partial charge >= 0.3 is 11.9 Å². The van der Waals surface area contributed by atoms with Gasteiger partial charge in [-0.2, -0.15) is 25.3 Å². The van der Waals surface area contributed by atoms with Crippen molar-refractivity contribution in [3.8, 4) is 0 Å². The molecule has 0 fully saturated rings. The summed E-state index contributed by atoms with van der Waals surface area (Å²) in [5, 5.41) is 17.4.